The quantitative estimate of drug-likeness (QED) is 0.826. The highest BCUT2D eigenvalue weighted by Crippen LogP contribution is 2.20. The van der Waals surface area contributed by atoms with Gasteiger partial charge in [0.15, 0.2) is 0 Å². The van der Waals surface area contributed by atoms with Gasteiger partial charge in [-0.25, -0.2) is 0 Å². The van der Waals surface area contributed by atoms with E-state index in [2.05, 4.69) is 6.07 Å². The number of benzene rings is 1. The van der Waals surface area contributed by atoms with Crippen LogP contribution in [0.1, 0.15) is 31.2 Å². The van der Waals surface area contributed by atoms with Gasteiger partial charge in [0.05, 0.1) is 12.2 Å². The number of amides is 1. The van der Waals surface area contributed by atoms with E-state index in [1.807, 2.05) is 37.3 Å². The molecule has 0 aliphatic carbocycles. The lowest BCUT2D eigenvalue weighted by molar-refractivity contribution is -0.132. The fourth-order valence-corrected chi connectivity index (χ4v) is 2.51. The van der Waals surface area contributed by atoms with Crippen LogP contribution < -0.4 is 0 Å². The summed E-state index contributed by atoms with van der Waals surface area (Å²) in [6.07, 6.45) is 2.16. The third-order valence-electron chi connectivity index (χ3n) is 3.65. The fourth-order valence-electron chi connectivity index (χ4n) is 2.51. The number of nitrogens with zero attached hydrogens (tertiary/aromatic N) is 2. The Morgan fingerprint density at radius 3 is 2.80 bits per heavy atom. The van der Waals surface area contributed by atoms with Gasteiger partial charge in [-0.2, -0.15) is 5.26 Å². The summed E-state index contributed by atoms with van der Waals surface area (Å²) in [6, 6.07) is 11.4. The first kappa shape index (κ1) is 14.5. The van der Waals surface area contributed by atoms with Crippen molar-refractivity contribution < 1.29 is 9.53 Å². The van der Waals surface area contributed by atoms with Gasteiger partial charge in [0.25, 0.3) is 0 Å². The molecule has 1 aromatic rings. The summed E-state index contributed by atoms with van der Waals surface area (Å²) in [5.41, 5.74) is 0.755. The lowest BCUT2D eigenvalue weighted by atomic mass is 9.99. The van der Waals surface area contributed by atoms with Gasteiger partial charge in [-0.1, -0.05) is 30.3 Å². The maximum atomic E-state index is 12.5. The van der Waals surface area contributed by atoms with Gasteiger partial charge >= 0.3 is 0 Å². The minimum atomic E-state index is -0.724. The normalized spacial score (nSPS) is 19.3. The smallest absolute Gasteiger partial charge is 0.244 e. The minimum Gasteiger partial charge on any atom is -0.376 e. The van der Waals surface area contributed by atoms with Gasteiger partial charge in [0.1, 0.15) is 5.92 Å². The van der Waals surface area contributed by atoms with E-state index in [1.165, 1.54) is 0 Å². The molecule has 0 N–H and O–H groups in total. The van der Waals surface area contributed by atoms with Crippen LogP contribution in [0.5, 0.6) is 0 Å². The molecule has 0 radical (unpaired) electrons. The highest BCUT2D eigenvalue weighted by Gasteiger charge is 2.28. The van der Waals surface area contributed by atoms with E-state index in [0.717, 1.165) is 25.0 Å². The molecule has 1 saturated heterocycles. The van der Waals surface area contributed by atoms with Crippen LogP contribution in [-0.2, 0) is 9.53 Å². The maximum absolute atomic E-state index is 12.5. The Balaban J connectivity index is 2.08. The van der Waals surface area contributed by atoms with Crippen LogP contribution in [0.15, 0.2) is 30.3 Å². The Labute approximate surface area is 120 Å². The number of hydrogen-bond acceptors (Lipinski definition) is 3. The van der Waals surface area contributed by atoms with Crippen molar-refractivity contribution in [3.8, 4) is 6.07 Å². The molecule has 1 aliphatic rings. The highest BCUT2D eigenvalue weighted by atomic mass is 16.5. The molecule has 4 heteroatoms. The summed E-state index contributed by atoms with van der Waals surface area (Å²) in [5, 5.41) is 9.33. The fraction of sp³-hybridized carbons (Fsp3) is 0.500. The summed E-state index contributed by atoms with van der Waals surface area (Å²) in [6.45, 7) is 3.90. The molecule has 2 rings (SSSR count). The topological polar surface area (TPSA) is 53.3 Å². The van der Waals surface area contributed by atoms with Crippen LogP contribution in [0.3, 0.4) is 0 Å². The molecule has 0 aromatic heterocycles. The van der Waals surface area contributed by atoms with Crippen molar-refractivity contribution in [2.24, 2.45) is 0 Å². The summed E-state index contributed by atoms with van der Waals surface area (Å²) in [4.78, 5) is 14.3. The average Bonchev–Trinajstić information content (AvgIpc) is 2.99. The summed E-state index contributed by atoms with van der Waals surface area (Å²) < 4.78 is 5.58. The lowest BCUT2D eigenvalue weighted by Crippen LogP contribution is -2.39. The van der Waals surface area contributed by atoms with Gasteiger partial charge in [-0.15, -0.1) is 0 Å². The van der Waals surface area contributed by atoms with E-state index in [1.54, 1.807) is 4.90 Å². The Morgan fingerprint density at radius 2 is 2.25 bits per heavy atom. The van der Waals surface area contributed by atoms with Gasteiger partial charge in [0, 0.05) is 19.7 Å². The van der Waals surface area contributed by atoms with E-state index < -0.39 is 5.92 Å². The Hall–Kier alpha value is -1.86. The number of rotatable bonds is 5. The molecule has 1 heterocycles. The molecular weight excluding hydrogens is 252 g/mol. The summed E-state index contributed by atoms with van der Waals surface area (Å²) >= 11 is 0. The molecular formula is C16H20N2O2. The minimum absolute atomic E-state index is 0.119. The average molecular weight is 272 g/mol. The number of hydrogen-bond donors (Lipinski definition) is 0. The molecule has 2 unspecified atom stereocenters. The molecule has 0 saturated carbocycles. The number of ether oxygens (including phenoxy) is 1. The van der Waals surface area contributed by atoms with Crippen LogP contribution in [0, 0.1) is 11.3 Å². The highest BCUT2D eigenvalue weighted by molar-refractivity contribution is 5.86. The van der Waals surface area contributed by atoms with Crippen LogP contribution in [0.2, 0.25) is 0 Å². The van der Waals surface area contributed by atoms with Gasteiger partial charge < -0.3 is 9.64 Å². The first-order valence-electron chi connectivity index (χ1n) is 7.11. The molecule has 0 spiro atoms. The van der Waals surface area contributed by atoms with E-state index in [4.69, 9.17) is 4.74 Å². The molecule has 1 aliphatic heterocycles. The molecule has 4 nitrogen and oxygen atoms in total. The van der Waals surface area contributed by atoms with E-state index in [0.29, 0.717) is 13.1 Å². The predicted octanol–water partition coefficient (Wildman–Crippen LogP) is 2.32. The van der Waals surface area contributed by atoms with Crippen molar-refractivity contribution in [2.75, 3.05) is 19.7 Å². The molecule has 20 heavy (non-hydrogen) atoms. The van der Waals surface area contributed by atoms with Gasteiger partial charge in [0.2, 0.25) is 5.91 Å². The zero-order valence-corrected chi connectivity index (χ0v) is 11.8. The monoisotopic (exact) mass is 272 g/mol. The van der Waals surface area contributed by atoms with Crippen molar-refractivity contribution in [3.05, 3.63) is 35.9 Å². The summed E-state index contributed by atoms with van der Waals surface area (Å²) in [7, 11) is 0. The number of carbonyl (C=O) groups excluding carboxylic acids is 1. The van der Waals surface area contributed by atoms with Crippen LogP contribution in [0.25, 0.3) is 0 Å². The van der Waals surface area contributed by atoms with Crippen LogP contribution in [-0.4, -0.2) is 36.6 Å². The predicted molar refractivity (Wildman–Crippen MR) is 76.0 cm³/mol. The maximum Gasteiger partial charge on any atom is 0.244 e. The second-order valence-corrected chi connectivity index (χ2v) is 4.98. The largest absolute Gasteiger partial charge is 0.376 e. The van der Waals surface area contributed by atoms with Crippen LogP contribution >= 0.6 is 0 Å². The summed E-state index contributed by atoms with van der Waals surface area (Å²) in [5.74, 6) is -0.853. The Morgan fingerprint density at radius 1 is 1.50 bits per heavy atom. The van der Waals surface area contributed by atoms with E-state index in [9.17, 15) is 10.1 Å². The zero-order chi connectivity index (χ0) is 14.4. The molecule has 0 bridgehead atoms. The molecule has 1 aromatic carbocycles. The number of carbonyl (C=O) groups is 1. The molecule has 1 fully saturated rings. The first-order chi connectivity index (χ1) is 9.76. The van der Waals surface area contributed by atoms with Crippen LogP contribution in [0.4, 0.5) is 0 Å². The first-order valence-corrected chi connectivity index (χ1v) is 7.11. The second-order valence-electron chi connectivity index (χ2n) is 4.98. The van der Waals surface area contributed by atoms with E-state index >= 15 is 0 Å². The number of likely N-dealkylation sites (N-methyl/N-ethyl adjacent to an activating group) is 1. The Kier molecular flexibility index (Phi) is 5.14. The van der Waals surface area contributed by atoms with Crippen molar-refractivity contribution in [1.82, 2.24) is 4.90 Å². The van der Waals surface area contributed by atoms with Crippen molar-refractivity contribution >= 4 is 5.91 Å². The Bertz CT molecular complexity index is 475. The van der Waals surface area contributed by atoms with Crippen molar-refractivity contribution in [1.29, 1.82) is 5.26 Å². The van der Waals surface area contributed by atoms with E-state index in [-0.39, 0.29) is 12.0 Å². The molecule has 2 atom stereocenters. The van der Waals surface area contributed by atoms with Gasteiger partial charge in [-0.3, -0.25) is 4.79 Å². The molecule has 106 valence electrons. The standard InChI is InChI=1S/C16H20N2O2/c1-2-18(12-14-9-6-10-20-14)16(19)15(11-17)13-7-4-3-5-8-13/h3-5,7-8,14-15H,2,6,9-10,12H2,1H3. The zero-order valence-electron chi connectivity index (χ0n) is 11.8. The van der Waals surface area contributed by atoms with Crippen molar-refractivity contribution in [3.63, 3.8) is 0 Å². The SMILES string of the molecule is CCN(CC1CCCO1)C(=O)C(C#N)c1ccccc1. The van der Waals surface area contributed by atoms with Crippen molar-refractivity contribution in [2.45, 2.75) is 31.8 Å². The number of nitriles is 1. The molecule has 1 amide bonds. The third kappa shape index (κ3) is 3.37. The lowest BCUT2D eigenvalue weighted by Gasteiger charge is -2.26. The second kappa shape index (κ2) is 7.06. The van der Waals surface area contributed by atoms with Gasteiger partial charge in [-0.05, 0) is 25.3 Å². The third-order valence-corrected chi connectivity index (χ3v) is 3.65.